The van der Waals surface area contributed by atoms with Crippen molar-refractivity contribution in [3.63, 3.8) is 0 Å². The standard InChI is InChI=1S/C17H23ClN2O3S/c1-13(17(21)19-12-14-6-4-3-5-7-14)20(24(2,22)23)16-10-8-15(18)9-11-16/h6,8-11,13H,3-5,7,12H2,1-2H3,(H,19,21). The molecule has 1 unspecified atom stereocenters. The van der Waals surface area contributed by atoms with Gasteiger partial charge >= 0.3 is 0 Å². The Balaban J connectivity index is 2.12. The fraction of sp³-hybridized carbons (Fsp3) is 0.471. The van der Waals surface area contributed by atoms with E-state index in [1.54, 1.807) is 31.2 Å². The van der Waals surface area contributed by atoms with Crippen LogP contribution in [0.15, 0.2) is 35.9 Å². The second-order valence-corrected chi connectivity index (χ2v) is 8.33. The second-order valence-electron chi connectivity index (χ2n) is 6.04. The molecule has 0 radical (unpaired) electrons. The van der Waals surface area contributed by atoms with Crippen LogP contribution in [0.2, 0.25) is 5.02 Å². The lowest BCUT2D eigenvalue weighted by Crippen LogP contribution is -2.48. The Hall–Kier alpha value is -1.53. The maximum atomic E-state index is 12.4. The van der Waals surface area contributed by atoms with Gasteiger partial charge in [0.25, 0.3) is 0 Å². The summed E-state index contributed by atoms with van der Waals surface area (Å²) in [7, 11) is -3.60. The van der Waals surface area contributed by atoms with Gasteiger partial charge in [0.15, 0.2) is 0 Å². The number of sulfonamides is 1. The number of amides is 1. The van der Waals surface area contributed by atoms with Crippen molar-refractivity contribution < 1.29 is 13.2 Å². The van der Waals surface area contributed by atoms with Crippen LogP contribution in [0.25, 0.3) is 0 Å². The molecule has 1 aromatic rings. The van der Waals surface area contributed by atoms with Crippen LogP contribution in [0.4, 0.5) is 5.69 Å². The molecule has 1 amide bonds. The van der Waals surface area contributed by atoms with E-state index in [-0.39, 0.29) is 5.91 Å². The molecular weight excluding hydrogens is 348 g/mol. The first kappa shape index (κ1) is 18.8. The Kier molecular flexibility index (Phi) is 6.29. The predicted octanol–water partition coefficient (Wildman–Crippen LogP) is 3.11. The number of rotatable bonds is 6. The molecule has 24 heavy (non-hydrogen) atoms. The summed E-state index contributed by atoms with van der Waals surface area (Å²) >= 11 is 5.85. The number of hydrogen-bond acceptors (Lipinski definition) is 3. The summed E-state index contributed by atoms with van der Waals surface area (Å²) in [5.74, 6) is -0.318. The second kappa shape index (κ2) is 8.03. The van der Waals surface area contributed by atoms with E-state index in [2.05, 4.69) is 11.4 Å². The van der Waals surface area contributed by atoms with E-state index in [4.69, 9.17) is 11.6 Å². The highest BCUT2D eigenvalue weighted by Gasteiger charge is 2.29. The SMILES string of the molecule is CC(C(=O)NCC1=CCCCC1)N(c1ccc(Cl)cc1)S(C)(=O)=O. The van der Waals surface area contributed by atoms with E-state index in [0.717, 1.165) is 29.8 Å². The van der Waals surface area contributed by atoms with E-state index in [9.17, 15) is 13.2 Å². The van der Waals surface area contributed by atoms with Crippen LogP contribution in [-0.4, -0.2) is 33.2 Å². The molecule has 5 nitrogen and oxygen atoms in total. The van der Waals surface area contributed by atoms with Crippen LogP contribution >= 0.6 is 11.6 Å². The third-order valence-electron chi connectivity index (χ3n) is 4.04. The first-order valence-corrected chi connectivity index (χ1v) is 10.2. The molecule has 7 heteroatoms. The number of benzene rings is 1. The summed E-state index contributed by atoms with van der Waals surface area (Å²) in [5, 5.41) is 3.35. The molecular formula is C17H23ClN2O3S. The van der Waals surface area contributed by atoms with Crippen LogP contribution < -0.4 is 9.62 Å². The van der Waals surface area contributed by atoms with Crippen LogP contribution in [0, 0.1) is 0 Å². The van der Waals surface area contributed by atoms with Gasteiger partial charge in [-0.05, 0) is 56.9 Å². The van der Waals surface area contributed by atoms with Crippen molar-refractivity contribution in [3.05, 3.63) is 40.9 Å². The quantitative estimate of drug-likeness (QED) is 0.782. The molecule has 1 aliphatic carbocycles. The molecule has 132 valence electrons. The highest BCUT2D eigenvalue weighted by molar-refractivity contribution is 7.92. The van der Waals surface area contributed by atoms with Gasteiger partial charge in [0, 0.05) is 11.6 Å². The Morgan fingerprint density at radius 3 is 2.50 bits per heavy atom. The maximum Gasteiger partial charge on any atom is 0.243 e. The number of allylic oxidation sites excluding steroid dienone is 1. The minimum Gasteiger partial charge on any atom is -0.351 e. The van der Waals surface area contributed by atoms with E-state index >= 15 is 0 Å². The average Bonchev–Trinajstić information content (AvgIpc) is 2.54. The smallest absolute Gasteiger partial charge is 0.243 e. The van der Waals surface area contributed by atoms with E-state index in [1.165, 1.54) is 12.0 Å². The van der Waals surface area contributed by atoms with Crippen LogP contribution in [0.3, 0.4) is 0 Å². The molecule has 1 aromatic carbocycles. The van der Waals surface area contributed by atoms with Crippen molar-refractivity contribution in [2.45, 2.75) is 38.6 Å². The van der Waals surface area contributed by atoms with Crippen molar-refractivity contribution in [1.82, 2.24) is 5.32 Å². The number of hydrogen-bond donors (Lipinski definition) is 1. The number of carbonyl (C=O) groups is 1. The molecule has 0 bridgehead atoms. The van der Waals surface area contributed by atoms with E-state index in [0.29, 0.717) is 17.3 Å². The molecule has 1 N–H and O–H groups in total. The number of nitrogens with zero attached hydrogens (tertiary/aromatic N) is 1. The van der Waals surface area contributed by atoms with Crippen molar-refractivity contribution in [2.24, 2.45) is 0 Å². The van der Waals surface area contributed by atoms with Crippen molar-refractivity contribution in [2.75, 3.05) is 17.1 Å². The number of nitrogens with one attached hydrogen (secondary N) is 1. The molecule has 0 saturated heterocycles. The zero-order chi connectivity index (χ0) is 17.7. The third-order valence-corrected chi connectivity index (χ3v) is 5.54. The normalized spacial score (nSPS) is 16.2. The highest BCUT2D eigenvalue weighted by Crippen LogP contribution is 2.23. The molecule has 0 spiro atoms. The minimum absolute atomic E-state index is 0.318. The molecule has 1 atom stereocenters. The van der Waals surface area contributed by atoms with Gasteiger partial charge in [-0.3, -0.25) is 9.10 Å². The zero-order valence-electron chi connectivity index (χ0n) is 14.0. The molecule has 1 aliphatic rings. The van der Waals surface area contributed by atoms with Crippen LogP contribution in [0.1, 0.15) is 32.6 Å². The van der Waals surface area contributed by atoms with Crippen molar-refractivity contribution in [1.29, 1.82) is 0 Å². The van der Waals surface area contributed by atoms with Gasteiger partial charge in [-0.2, -0.15) is 0 Å². The Bertz CT molecular complexity index is 714. The minimum atomic E-state index is -3.60. The van der Waals surface area contributed by atoms with Gasteiger partial charge in [-0.15, -0.1) is 0 Å². The van der Waals surface area contributed by atoms with Gasteiger partial charge in [-0.1, -0.05) is 23.3 Å². The molecule has 0 fully saturated rings. The first-order valence-electron chi connectivity index (χ1n) is 7.99. The lowest BCUT2D eigenvalue weighted by Gasteiger charge is -2.28. The largest absolute Gasteiger partial charge is 0.351 e. The van der Waals surface area contributed by atoms with Crippen LogP contribution in [-0.2, 0) is 14.8 Å². The first-order chi connectivity index (χ1) is 11.3. The highest BCUT2D eigenvalue weighted by atomic mass is 35.5. The molecule has 0 aliphatic heterocycles. The van der Waals surface area contributed by atoms with Gasteiger partial charge < -0.3 is 5.32 Å². The zero-order valence-corrected chi connectivity index (χ0v) is 15.5. The van der Waals surface area contributed by atoms with Crippen molar-refractivity contribution in [3.8, 4) is 0 Å². The Labute approximate surface area is 148 Å². The maximum absolute atomic E-state index is 12.4. The molecule has 0 aromatic heterocycles. The van der Waals surface area contributed by atoms with E-state index in [1.807, 2.05) is 0 Å². The van der Waals surface area contributed by atoms with Crippen molar-refractivity contribution >= 4 is 33.2 Å². The summed E-state index contributed by atoms with van der Waals surface area (Å²) in [6.07, 6.45) is 7.60. The average molecular weight is 371 g/mol. The third kappa shape index (κ3) is 4.98. The predicted molar refractivity (Wildman–Crippen MR) is 97.8 cm³/mol. The fourth-order valence-electron chi connectivity index (χ4n) is 2.81. The Morgan fingerprint density at radius 2 is 1.96 bits per heavy atom. The van der Waals surface area contributed by atoms with Gasteiger partial charge in [-0.25, -0.2) is 8.42 Å². The van der Waals surface area contributed by atoms with Crippen LogP contribution in [0.5, 0.6) is 0 Å². The number of anilines is 1. The lowest BCUT2D eigenvalue weighted by molar-refractivity contribution is -0.121. The van der Waals surface area contributed by atoms with Gasteiger partial charge in [0.1, 0.15) is 6.04 Å². The molecule has 0 saturated carbocycles. The van der Waals surface area contributed by atoms with Gasteiger partial charge in [0.05, 0.1) is 11.9 Å². The molecule has 2 rings (SSSR count). The number of halogens is 1. The summed E-state index contributed by atoms with van der Waals surface area (Å²) in [4.78, 5) is 12.4. The Morgan fingerprint density at radius 1 is 1.29 bits per heavy atom. The van der Waals surface area contributed by atoms with Gasteiger partial charge in [0.2, 0.25) is 15.9 Å². The summed E-state index contributed by atoms with van der Waals surface area (Å²) in [5.41, 5.74) is 1.63. The summed E-state index contributed by atoms with van der Waals surface area (Å²) < 4.78 is 25.5. The number of carbonyl (C=O) groups excluding carboxylic acids is 1. The van der Waals surface area contributed by atoms with E-state index < -0.39 is 16.1 Å². The fourth-order valence-corrected chi connectivity index (χ4v) is 4.11. The topological polar surface area (TPSA) is 66.5 Å². The molecule has 0 heterocycles. The summed E-state index contributed by atoms with van der Waals surface area (Å²) in [6, 6.07) is 5.55. The monoisotopic (exact) mass is 370 g/mol. The summed E-state index contributed by atoms with van der Waals surface area (Å²) in [6.45, 7) is 2.06. The lowest BCUT2D eigenvalue weighted by atomic mass is 10.00.